The second-order valence-electron chi connectivity index (χ2n) is 3.15. The van der Waals surface area contributed by atoms with E-state index in [1.165, 1.54) is 0 Å². The van der Waals surface area contributed by atoms with Crippen molar-refractivity contribution in [3.8, 4) is 0 Å². The predicted octanol–water partition coefficient (Wildman–Crippen LogP) is 0.489. The van der Waals surface area contributed by atoms with Crippen molar-refractivity contribution in [2.24, 2.45) is 0 Å². The quantitative estimate of drug-likeness (QED) is 0.784. The number of hydrogen-bond donors (Lipinski definition) is 1. The van der Waals surface area contributed by atoms with Gasteiger partial charge in [-0.3, -0.25) is 4.68 Å². The molecule has 0 aromatic carbocycles. The Morgan fingerprint density at radius 1 is 1.33 bits per heavy atom. The Morgan fingerprint density at radius 3 is 2.93 bits per heavy atom. The summed E-state index contributed by atoms with van der Waals surface area (Å²) in [7, 11) is 0. The van der Waals surface area contributed by atoms with E-state index in [4.69, 9.17) is 0 Å². The van der Waals surface area contributed by atoms with Gasteiger partial charge in [-0.25, -0.2) is 0 Å². The lowest BCUT2D eigenvalue weighted by atomic mass is 10.4. The summed E-state index contributed by atoms with van der Waals surface area (Å²) in [5.41, 5.74) is 0.914. The maximum Gasteiger partial charge on any atom is 0.148 e. The normalized spacial score (nSPS) is 10.2. The fourth-order valence-electron chi connectivity index (χ4n) is 1.14. The van der Waals surface area contributed by atoms with Crippen molar-refractivity contribution in [2.45, 2.75) is 13.5 Å². The predicted molar refractivity (Wildman–Crippen MR) is 55.3 cm³/mol. The maximum atomic E-state index is 3.99. The van der Waals surface area contributed by atoms with E-state index in [0.717, 1.165) is 24.6 Å². The fraction of sp³-hybridized carbons (Fsp3) is 0.333. The molecule has 6 nitrogen and oxygen atoms in total. The summed E-state index contributed by atoms with van der Waals surface area (Å²) < 4.78 is 1.76. The van der Waals surface area contributed by atoms with Gasteiger partial charge in [-0.05, 0) is 19.1 Å². The minimum Gasteiger partial charge on any atom is -0.367 e. The summed E-state index contributed by atoms with van der Waals surface area (Å²) in [6, 6.07) is 3.83. The van der Waals surface area contributed by atoms with E-state index in [0.29, 0.717) is 0 Å². The Kier molecular flexibility index (Phi) is 2.87. The number of nitrogens with zero attached hydrogens (tertiary/aromatic N) is 5. The summed E-state index contributed by atoms with van der Waals surface area (Å²) in [4.78, 5) is 0. The molecule has 2 aromatic rings. The molecule has 0 amide bonds. The molecular weight excluding hydrogens is 192 g/mol. The molecule has 0 aliphatic rings. The first-order valence-corrected chi connectivity index (χ1v) is 4.73. The van der Waals surface area contributed by atoms with Crippen LogP contribution in [0.5, 0.6) is 0 Å². The average molecular weight is 204 g/mol. The molecule has 0 bridgehead atoms. The largest absolute Gasteiger partial charge is 0.367 e. The highest BCUT2D eigenvalue weighted by Gasteiger charge is 1.94. The van der Waals surface area contributed by atoms with Gasteiger partial charge in [0.15, 0.2) is 0 Å². The molecule has 0 radical (unpaired) electrons. The van der Waals surface area contributed by atoms with Crippen molar-refractivity contribution in [1.29, 1.82) is 0 Å². The van der Waals surface area contributed by atoms with Crippen LogP contribution < -0.4 is 5.32 Å². The summed E-state index contributed by atoms with van der Waals surface area (Å²) in [6.07, 6.45) is 3.48. The topological polar surface area (TPSA) is 68.5 Å². The molecule has 0 atom stereocenters. The fourth-order valence-corrected chi connectivity index (χ4v) is 1.14. The van der Waals surface area contributed by atoms with Crippen molar-refractivity contribution < 1.29 is 0 Å². The van der Waals surface area contributed by atoms with Crippen LogP contribution in [0.15, 0.2) is 24.5 Å². The van der Waals surface area contributed by atoms with Gasteiger partial charge in [0, 0.05) is 12.7 Å². The lowest BCUT2D eigenvalue weighted by molar-refractivity contribution is 0.608. The van der Waals surface area contributed by atoms with Crippen molar-refractivity contribution >= 4 is 5.82 Å². The molecule has 0 spiro atoms. The Bertz CT molecular complexity index is 393. The monoisotopic (exact) mass is 204 g/mol. The van der Waals surface area contributed by atoms with Crippen LogP contribution in [0.1, 0.15) is 5.69 Å². The molecule has 0 aliphatic carbocycles. The first-order chi connectivity index (χ1) is 7.34. The van der Waals surface area contributed by atoms with Gasteiger partial charge in [-0.1, -0.05) is 5.21 Å². The lowest BCUT2D eigenvalue weighted by Gasteiger charge is -2.04. The van der Waals surface area contributed by atoms with Gasteiger partial charge in [0.05, 0.1) is 18.4 Å². The number of nitrogens with one attached hydrogen (secondary N) is 1. The van der Waals surface area contributed by atoms with Crippen molar-refractivity contribution in [3.63, 3.8) is 0 Å². The van der Waals surface area contributed by atoms with Gasteiger partial charge < -0.3 is 5.32 Å². The Morgan fingerprint density at radius 2 is 2.27 bits per heavy atom. The molecule has 2 aromatic heterocycles. The highest BCUT2D eigenvalue weighted by molar-refractivity contribution is 5.32. The van der Waals surface area contributed by atoms with Crippen LogP contribution in [-0.4, -0.2) is 31.7 Å². The van der Waals surface area contributed by atoms with Gasteiger partial charge in [0.1, 0.15) is 5.82 Å². The second kappa shape index (κ2) is 4.50. The molecule has 0 saturated carbocycles. The molecule has 2 rings (SSSR count). The molecule has 15 heavy (non-hydrogen) atoms. The van der Waals surface area contributed by atoms with Crippen LogP contribution in [-0.2, 0) is 6.54 Å². The van der Waals surface area contributed by atoms with Crippen LogP contribution in [0.4, 0.5) is 5.82 Å². The molecule has 6 heteroatoms. The van der Waals surface area contributed by atoms with Crippen LogP contribution in [0.2, 0.25) is 0 Å². The van der Waals surface area contributed by atoms with E-state index < -0.39 is 0 Å². The third kappa shape index (κ3) is 2.73. The highest BCUT2D eigenvalue weighted by atomic mass is 15.4. The first-order valence-electron chi connectivity index (χ1n) is 4.73. The molecular formula is C9H12N6. The van der Waals surface area contributed by atoms with Crippen LogP contribution in [0.3, 0.4) is 0 Å². The number of anilines is 1. The molecule has 0 saturated heterocycles. The van der Waals surface area contributed by atoms with E-state index in [1.807, 2.05) is 25.3 Å². The standard InChI is InChI=1S/C9H12N6/c1-8-2-3-9(13-12-8)10-4-6-15-7-5-11-14-15/h2-3,5,7H,4,6H2,1H3,(H,10,13). The minimum absolute atomic E-state index is 0.751. The van der Waals surface area contributed by atoms with E-state index in [1.54, 1.807) is 10.9 Å². The summed E-state index contributed by atoms with van der Waals surface area (Å²) in [5, 5.41) is 18.7. The number of hydrogen-bond acceptors (Lipinski definition) is 5. The van der Waals surface area contributed by atoms with Gasteiger partial charge in [0.25, 0.3) is 0 Å². The van der Waals surface area contributed by atoms with Gasteiger partial charge >= 0.3 is 0 Å². The zero-order valence-electron chi connectivity index (χ0n) is 8.46. The van der Waals surface area contributed by atoms with E-state index in [2.05, 4.69) is 25.8 Å². The Hall–Kier alpha value is -1.98. The zero-order valence-corrected chi connectivity index (χ0v) is 8.46. The number of rotatable bonds is 4. The van der Waals surface area contributed by atoms with E-state index >= 15 is 0 Å². The third-order valence-electron chi connectivity index (χ3n) is 1.92. The SMILES string of the molecule is Cc1ccc(NCCn2ccnn2)nn1. The number of aromatic nitrogens is 5. The third-order valence-corrected chi connectivity index (χ3v) is 1.92. The summed E-state index contributed by atoms with van der Waals surface area (Å²) >= 11 is 0. The van der Waals surface area contributed by atoms with Crippen molar-refractivity contribution in [1.82, 2.24) is 25.2 Å². The van der Waals surface area contributed by atoms with Crippen molar-refractivity contribution in [2.75, 3.05) is 11.9 Å². The summed E-state index contributed by atoms with van der Waals surface area (Å²) in [5.74, 6) is 0.778. The van der Waals surface area contributed by atoms with Crippen LogP contribution in [0, 0.1) is 6.92 Å². The number of aryl methyl sites for hydroxylation is 1. The zero-order chi connectivity index (χ0) is 10.5. The molecule has 2 heterocycles. The van der Waals surface area contributed by atoms with Crippen molar-refractivity contribution in [3.05, 3.63) is 30.2 Å². The minimum atomic E-state index is 0.751. The molecule has 0 aliphatic heterocycles. The highest BCUT2D eigenvalue weighted by Crippen LogP contribution is 1.99. The Balaban J connectivity index is 1.81. The second-order valence-corrected chi connectivity index (χ2v) is 3.15. The molecule has 0 unspecified atom stereocenters. The van der Waals surface area contributed by atoms with E-state index in [-0.39, 0.29) is 0 Å². The Labute approximate surface area is 87.3 Å². The molecule has 78 valence electrons. The average Bonchev–Trinajstić information content (AvgIpc) is 2.74. The first kappa shape index (κ1) is 9.57. The van der Waals surface area contributed by atoms with E-state index in [9.17, 15) is 0 Å². The lowest BCUT2D eigenvalue weighted by Crippen LogP contribution is -2.12. The van der Waals surface area contributed by atoms with Crippen LogP contribution in [0.25, 0.3) is 0 Å². The summed E-state index contributed by atoms with van der Waals surface area (Å²) in [6.45, 7) is 3.42. The molecule has 1 N–H and O–H groups in total. The smallest absolute Gasteiger partial charge is 0.148 e. The van der Waals surface area contributed by atoms with Gasteiger partial charge in [0.2, 0.25) is 0 Å². The maximum absolute atomic E-state index is 3.99. The van der Waals surface area contributed by atoms with Gasteiger partial charge in [-0.2, -0.15) is 5.10 Å². The molecule has 0 fully saturated rings. The van der Waals surface area contributed by atoms with Gasteiger partial charge in [-0.15, -0.1) is 10.2 Å². The van der Waals surface area contributed by atoms with Crippen LogP contribution >= 0.6 is 0 Å².